The van der Waals surface area contributed by atoms with Gasteiger partial charge in [-0.3, -0.25) is 4.79 Å². The van der Waals surface area contributed by atoms with Gasteiger partial charge in [-0.15, -0.1) is 0 Å². The number of amides is 3. The van der Waals surface area contributed by atoms with Crippen molar-refractivity contribution in [3.8, 4) is 11.5 Å². The van der Waals surface area contributed by atoms with Crippen LogP contribution in [0.1, 0.15) is 37.8 Å². The lowest BCUT2D eigenvalue weighted by Crippen LogP contribution is -2.56. The number of nitrogens with two attached hydrogens (primary N) is 1. The SMILES string of the molecule is CC(C)S(=O)(=O)Oc1ccc(NC(=O)/[N+](=C2\CCC[N+](C)(Cc3ccc(F)cc3)C2)[C@@H](Cc2ccc(O)cc2)C(N)=O)cc1. The average molecular weight is 627 g/mol. The standard InChI is InChI=1S/C32H37FN4O6S/c1-22(2)44(41,42)43-29-16-12-26(13-17-29)35-32(40)36(30(31(34)39)19-23-8-14-28(38)15-9-23)27-5-4-18-37(3,21-27)20-24-6-10-25(33)11-7-24/h6-17,22,30H,4-5,18-21H2,1-3H3,(H2-2,34,35,38,39,40)/p+2/b36-27+/t30-,37?/m0/s1. The van der Waals surface area contributed by atoms with Crippen molar-refractivity contribution < 1.29 is 40.7 Å². The molecule has 4 rings (SSSR count). The van der Waals surface area contributed by atoms with Gasteiger partial charge in [-0.25, -0.2) is 9.71 Å². The molecule has 3 amide bonds. The lowest BCUT2D eigenvalue weighted by atomic mass is 10.0. The number of carbonyl (C=O) groups excluding carboxylic acids is 2. The van der Waals surface area contributed by atoms with E-state index >= 15 is 0 Å². The Labute approximate surface area is 257 Å². The van der Waals surface area contributed by atoms with E-state index in [1.165, 1.54) is 67.0 Å². The lowest BCUT2D eigenvalue weighted by Gasteiger charge is -2.38. The van der Waals surface area contributed by atoms with Gasteiger partial charge >= 0.3 is 16.1 Å². The number of aromatic hydroxyl groups is 1. The predicted molar refractivity (Wildman–Crippen MR) is 165 cm³/mol. The normalized spacial score (nSPS) is 18.8. The number of nitrogens with one attached hydrogen (secondary N) is 1. The molecule has 1 aliphatic rings. The molecule has 2 atom stereocenters. The highest BCUT2D eigenvalue weighted by molar-refractivity contribution is 7.87. The summed E-state index contributed by atoms with van der Waals surface area (Å²) in [6, 6.07) is 17.0. The molecule has 1 unspecified atom stereocenters. The van der Waals surface area contributed by atoms with Crippen LogP contribution in [0.25, 0.3) is 0 Å². The molecule has 1 fully saturated rings. The van der Waals surface area contributed by atoms with Crippen LogP contribution >= 0.6 is 0 Å². The minimum atomic E-state index is -3.79. The van der Waals surface area contributed by atoms with E-state index in [1.807, 2.05) is 0 Å². The van der Waals surface area contributed by atoms with Gasteiger partial charge in [-0.05, 0) is 67.9 Å². The van der Waals surface area contributed by atoms with Gasteiger partial charge in [0.15, 0.2) is 6.04 Å². The number of phenolic OH excluding ortho intramolecular Hbond substituents is 1. The van der Waals surface area contributed by atoms with Gasteiger partial charge in [0.25, 0.3) is 5.91 Å². The van der Waals surface area contributed by atoms with Crippen LogP contribution in [0.15, 0.2) is 72.8 Å². The van der Waals surface area contributed by atoms with Crippen LogP contribution in [0.2, 0.25) is 0 Å². The minimum Gasteiger partial charge on any atom is -0.508 e. The summed E-state index contributed by atoms with van der Waals surface area (Å²) < 4.78 is 44.9. The quantitative estimate of drug-likeness (QED) is 0.175. The summed E-state index contributed by atoms with van der Waals surface area (Å²) in [6.07, 6.45) is 1.43. The van der Waals surface area contributed by atoms with Crippen LogP contribution in [0.4, 0.5) is 14.9 Å². The van der Waals surface area contributed by atoms with Crippen molar-refractivity contribution in [1.29, 1.82) is 0 Å². The molecule has 0 aliphatic carbocycles. The zero-order valence-corrected chi connectivity index (χ0v) is 25.9. The number of halogens is 1. The molecule has 0 aromatic heterocycles. The highest BCUT2D eigenvalue weighted by atomic mass is 32.2. The Balaban J connectivity index is 1.67. The minimum absolute atomic E-state index is 0.0723. The molecular formula is C32H39FN4O6S+2. The lowest BCUT2D eigenvalue weighted by molar-refractivity contribution is -0.918. The highest BCUT2D eigenvalue weighted by Gasteiger charge is 2.39. The number of carbonyl (C=O) groups is 2. The number of urea groups is 1. The number of quaternary nitrogens is 1. The molecular weight excluding hydrogens is 587 g/mol. The fraction of sp³-hybridized carbons (Fsp3) is 0.344. The van der Waals surface area contributed by atoms with Gasteiger partial charge in [0.1, 0.15) is 41.8 Å². The molecule has 0 bridgehead atoms. The molecule has 4 N–H and O–H groups in total. The highest BCUT2D eigenvalue weighted by Crippen LogP contribution is 2.23. The Morgan fingerprint density at radius 2 is 1.64 bits per heavy atom. The molecule has 1 saturated heterocycles. The smallest absolute Gasteiger partial charge is 0.496 e. The van der Waals surface area contributed by atoms with Crippen molar-refractivity contribution in [2.45, 2.75) is 50.9 Å². The number of anilines is 1. The molecule has 0 saturated carbocycles. The van der Waals surface area contributed by atoms with Crippen LogP contribution in [0.3, 0.4) is 0 Å². The summed E-state index contributed by atoms with van der Waals surface area (Å²) in [5.41, 5.74) is 8.67. The van der Waals surface area contributed by atoms with Gasteiger partial charge < -0.3 is 19.5 Å². The molecule has 1 aliphatic heterocycles. The Hall–Kier alpha value is -4.29. The van der Waals surface area contributed by atoms with Crippen molar-refractivity contribution in [1.82, 2.24) is 0 Å². The maximum absolute atomic E-state index is 14.0. The number of primary amides is 1. The van der Waals surface area contributed by atoms with Crippen LogP contribution in [-0.4, -0.2) is 71.7 Å². The molecule has 1 heterocycles. The van der Waals surface area contributed by atoms with Crippen LogP contribution < -0.4 is 15.2 Å². The summed E-state index contributed by atoms with van der Waals surface area (Å²) in [5.74, 6) is -0.832. The molecule has 10 nitrogen and oxygen atoms in total. The molecule has 3 aromatic rings. The number of nitrogens with zero attached hydrogens (tertiary/aromatic N) is 2. The summed E-state index contributed by atoms with van der Waals surface area (Å²) >= 11 is 0. The predicted octanol–water partition coefficient (Wildman–Crippen LogP) is 4.17. The van der Waals surface area contributed by atoms with Crippen molar-refractivity contribution >= 4 is 33.5 Å². The Morgan fingerprint density at radius 3 is 2.23 bits per heavy atom. The van der Waals surface area contributed by atoms with Gasteiger partial charge in [0.05, 0.1) is 18.8 Å². The number of benzene rings is 3. The van der Waals surface area contributed by atoms with E-state index in [0.29, 0.717) is 35.2 Å². The molecule has 0 radical (unpaired) electrons. The fourth-order valence-electron chi connectivity index (χ4n) is 5.31. The van der Waals surface area contributed by atoms with E-state index in [1.54, 1.807) is 24.3 Å². The first-order valence-electron chi connectivity index (χ1n) is 14.4. The molecule has 0 spiro atoms. The average Bonchev–Trinajstić information content (AvgIpc) is 2.96. The number of rotatable bonds is 10. The van der Waals surface area contributed by atoms with Gasteiger partial charge in [0, 0.05) is 24.8 Å². The monoisotopic (exact) mass is 626 g/mol. The van der Waals surface area contributed by atoms with E-state index in [-0.39, 0.29) is 23.7 Å². The van der Waals surface area contributed by atoms with Crippen LogP contribution in [0.5, 0.6) is 11.5 Å². The zero-order valence-electron chi connectivity index (χ0n) is 25.1. The number of likely N-dealkylation sites (tertiary alicyclic amines) is 1. The Morgan fingerprint density at radius 1 is 1.02 bits per heavy atom. The third-order valence-electron chi connectivity index (χ3n) is 7.67. The molecule has 234 valence electrons. The van der Waals surface area contributed by atoms with Crippen molar-refractivity contribution in [3.05, 3.63) is 89.7 Å². The summed E-state index contributed by atoms with van der Waals surface area (Å²) in [6.45, 7) is 4.88. The van der Waals surface area contributed by atoms with Crippen LogP contribution in [0, 0.1) is 5.82 Å². The third-order valence-corrected chi connectivity index (χ3v) is 9.24. The third kappa shape index (κ3) is 8.42. The van der Waals surface area contributed by atoms with E-state index in [4.69, 9.17) is 9.92 Å². The topological polar surface area (TPSA) is 139 Å². The number of piperidine rings is 1. The largest absolute Gasteiger partial charge is 0.508 e. The summed E-state index contributed by atoms with van der Waals surface area (Å²) in [5, 5.41) is 11.8. The molecule has 12 heteroatoms. The van der Waals surface area contributed by atoms with Gasteiger partial charge in [-0.1, -0.05) is 24.3 Å². The van der Waals surface area contributed by atoms with Crippen molar-refractivity contribution in [3.63, 3.8) is 0 Å². The number of hydrogen-bond acceptors (Lipinski definition) is 6. The van der Waals surface area contributed by atoms with E-state index < -0.39 is 33.3 Å². The zero-order chi connectivity index (χ0) is 32.1. The van der Waals surface area contributed by atoms with Crippen molar-refractivity contribution in [2.75, 3.05) is 25.5 Å². The second-order valence-corrected chi connectivity index (χ2v) is 13.8. The van der Waals surface area contributed by atoms with Crippen LogP contribution in [-0.2, 0) is 27.9 Å². The Kier molecular flexibility index (Phi) is 10.1. The van der Waals surface area contributed by atoms with E-state index in [9.17, 15) is 27.5 Å². The first-order valence-corrected chi connectivity index (χ1v) is 15.9. The first kappa shape index (κ1) is 32.6. The maximum atomic E-state index is 14.0. The van der Waals surface area contributed by atoms with Gasteiger partial charge in [0.2, 0.25) is 0 Å². The van der Waals surface area contributed by atoms with E-state index in [2.05, 4.69) is 12.4 Å². The fourth-order valence-corrected chi connectivity index (χ4v) is 5.89. The van der Waals surface area contributed by atoms with Crippen molar-refractivity contribution in [2.24, 2.45) is 5.73 Å². The Bertz CT molecular complexity index is 1620. The molecule has 44 heavy (non-hydrogen) atoms. The van der Waals surface area contributed by atoms with Gasteiger partial charge in [-0.2, -0.15) is 17.8 Å². The maximum Gasteiger partial charge on any atom is 0.496 e. The summed E-state index contributed by atoms with van der Waals surface area (Å²) in [4.78, 5) is 26.9. The second kappa shape index (κ2) is 13.6. The summed E-state index contributed by atoms with van der Waals surface area (Å²) in [7, 11) is -1.73. The number of hydrogen-bond donors (Lipinski definition) is 3. The number of phenols is 1. The molecule has 3 aromatic carbocycles. The first-order chi connectivity index (χ1) is 20.7. The van der Waals surface area contributed by atoms with E-state index in [0.717, 1.165) is 24.2 Å². The second-order valence-electron chi connectivity index (χ2n) is 11.7.